The Bertz CT molecular complexity index is 1150. The largest absolute Gasteiger partial charge is 0.495 e. The van der Waals surface area contributed by atoms with Gasteiger partial charge in [-0.15, -0.1) is 0 Å². The van der Waals surface area contributed by atoms with Crippen molar-refractivity contribution >= 4 is 5.69 Å². The molecule has 0 spiro atoms. The van der Waals surface area contributed by atoms with Crippen LogP contribution in [0, 0.1) is 12.7 Å². The van der Waals surface area contributed by atoms with E-state index in [1.165, 1.54) is 17.2 Å². The highest BCUT2D eigenvalue weighted by Gasteiger charge is 2.29. The van der Waals surface area contributed by atoms with Gasteiger partial charge < -0.3 is 19.9 Å². The number of hydrogen-bond donors (Lipinski definition) is 1. The number of nitrogens with two attached hydrogens (primary N) is 1. The van der Waals surface area contributed by atoms with Crippen LogP contribution in [0.15, 0.2) is 48.5 Å². The number of likely N-dealkylation sites (N-methyl/N-ethyl adjacent to an activating group) is 1. The fraction of sp³-hybridized carbons (Fsp3) is 0.333. The number of aryl methyl sites for hydroxylation is 1. The minimum Gasteiger partial charge on any atom is -0.495 e. The second-order valence-electron chi connectivity index (χ2n) is 8.51. The van der Waals surface area contributed by atoms with Gasteiger partial charge in [-0.25, -0.2) is 4.39 Å². The van der Waals surface area contributed by atoms with E-state index in [-0.39, 0.29) is 11.9 Å². The lowest BCUT2D eigenvalue weighted by atomic mass is 9.86. The number of benzene rings is 3. The van der Waals surface area contributed by atoms with Crippen molar-refractivity contribution in [1.29, 1.82) is 0 Å². The van der Waals surface area contributed by atoms with Gasteiger partial charge in [0.2, 0.25) is 0 Å². The Kier molecular flexibility index (Phi) is 6.75. The molecule has 0 saturated heterocycles. The number of methoxy groups -OCH3 is 2. The van der Waals surface area contributed by atoms with Gasteiger partial charge in [0.25, 0.3) is 0 Å². The molecule has 33 heavy (non-hydrogen) atoms. The second kappa shape index (κ2) is 9.71. The standard InChI is InChI=1S/C27H31FN2O3/c1-17-13-20(28)6-7-21(17)27-22-16-26(25(32-4)15-19(22)9-11-30(27)2)33-12-10-18-5-8-24(31-3)23(29)14-18/h5-8,13-16,27H,9-12,29H2,1-4H3. The van der Waals surface area contributed by atoms with E-state index in [9.17, 15) is 4.39 Å². The van der Waals surface area contributed by atoms with Crippen LogP contribution in [0.3, 0.4) is 0 Å². The summed E-state index contributed by atoms with van der Waals surface area (Å²) in [6.07, 6.45) is 1.62. The van der Waals surface area contributed by atoms with Gasteiger partial charge >= 0.3 is 0 Å². The summed E-state index contributed by atoms with van der Waals surface area (Å²) in [5.41, 5.74) is 12.2. The molecule has 0 saturated carbocycles. The van der Waals surface area contributed by atoms with Crippen LogP contribution >= 0.6 is 0 Å². The van der Waals surface area contributed by atoms with Crippen molar-refractivity contribution in [3.63, 3.8) is 0 Å². The maximum atomic E-state index is 13.8. The summed E-state index contributed by atoms with van der Waals surface area (Å²) in [5, 5.41) is 0. The molecule has 3 aromatic rings. The van der Waals surface area contributed by atoms with E-state index in [1.54, 1.807) is 20.3 Å². The predicted octanol–water partition coefficient (Wildman–Crippen LogP) is 4.93. The zero-order valence-electron chi connectivity index (χ0n) is 19.7. The summed E-state index contributed by atoms with van der Waals surface area (Å²) in [5.74, 6) is 1.88. The van der Waals surface area contributed by atoms with Gasteiger partial charge in [0, 0.05) is 13.0 Å². The number of hydrogen-bond acceptors (Lipinski definition) is 5. The third-order valence-electron chi connectivity index (χ3n) is 6.36. The fourth-order valence-electron chi connectivity index (χ4n) is 4.59. The highest BCUT2D eigenvalue weighted by Crippen LogP contribution is 2.41. The normalized spacial score (nSPS) is 15.7. The Morgan fingerprint density at radius 1 is 0.970 bits per heavy atom. The SMILES string of the molecule is COc1ccc(CCOc2cc3c(cc2OC)CCN(C)C3c2ccc(F)cc2C)cc1N. The minimum atomic E-state index is -0.215. The second-order valence-corrected chi connectivity index (χ2v) is 8.51. The van der Waals surface area contributed by atoms with Crippen molar-refractivity contribution in [2.75, 3.05) is 40.2 Å². The molecule has 0 bridgehead atoms. The van der Waals surface area contributed by atoms with E-state index < -0.39 is 0 Å². The van der Waals surface area contributed by atoms with E-state index in [0.717, 1.165) is 35.4 Å². The van der Waals surface area contributed by atoms with Gasteiger partial charge in [-0.3, -0.25) is 4.90 Å². The lowest BCUT2D eigenvalue weighted by molar-refractivity contribution is 0.259. The third-order valence-corrected chi connectivity index (χ3v) is 6.36. The molecule has 6 heteroatoms. The number of rotatable bonds is 7. The lowest BCUT2D eigenvalue weighted by Crippen LogP contribution is -2.33. The van der Waals surface area contributed by atoms with Gasteiger partial charge in [-0.1, -0.05) is 12.1 Å². The molecular formula is C27H31FN2O3. The van der Waals surface area contributed by atoms with Crippen LogP contribution in [0.4, 0.5) is 10.1 Å². The van der Waals surface area contributed by atoms with E-state index >= 15 is 0 Å². The first-order chi connectivity index (χ1) is 15.9. The molecule has 0 amide bonds. The van der Waals surface area contributed by atoms with Gasteiger partial charge in [-0.05, 0) is 84.6 Å². The molecule has 0 radical (unpaired) electrons. The molecule has 1 heterocycles. The molecule has 1 atom stereocenters. The summed E-state index contributed by atoms with van der Waals surface area (Å²) in [4.78, 5) is 2.30. The minimum absolute atomic E-state index is 0.0315. The number of anilines is 1. The maximum Gasteiger partial charge on any atom is 0.161 e. The zero-order valence-corrected chi connectivity index (χ0v) is 19.7. The van der Waals surface area contributed by atoms with Gasteiger partial charge in [0.15, 0.2) is 11.5 Å². The van der Waals surface area contributed by atoms with E-state index in [4.69, 9.17) is 19.9 Å². The molecule has 0 aliphatic carbocycles. The summed E-state index contributed by atoms with van der Waals surface area (Å²) in [7, 11) is 5.37. The number of nitrogen functional groups attached to an aromatic ring is 1. The Balaban J connectivity index is 1.60. The van der Waals surface area contributed by atoms with Crippen LogP contribution in [0.5, 0.6) is 17.2 Å². The highest BCUT2D eigenvalue weighted by molar-refractivity contribution is 5.55. The Hall–Kier alpha value is -3.25. The summed E-state index contributed by atoms with van der Waals surface area (Å²) in [6.45, 7) is 3.36. The number of ether oxygens (including phenoxy) is 3. The van der Waals surface area contributed by atoms with Crippen molar-refractivity contribution in [3.05, 3.63) is 82.2 Å². The van der Waals surface area contributed by atoms with Crippen LogP contribution in [0.2, 0.25) is 0 Å². The molecule has 4 rings (SSSR count). The van der Waals surface area contributed by atoms with Crippen molar-refractivity contribution in [3.8, 4) is 17.2 Å². The predicted molar refractivity (Wildman–Crippen MR) is 129 cm³/mol. The first-order valence-corrected chi connectivity index (χ1v) is 11.1. The van der Waals surface area contributed by atoms with Crippen molar-refractivity contribution in [2.24, 2.45) is 0 Å². The Morgan fingerprint density at radius 2 is 1.76 bits per heavy atom. The van der Waals surface area contributed by atoms with Crippen LogP contribution in [0.1, 0.15) is 33.9 Å². The van der Waals surface area contributed by atoms with Crippen LogP contribution in [-0.2, 0) is 12.8 Å². The zero-order chi connectivity index (χ0) is 23.5. The molecule has 1 unspecified atom stereocenters. The first-order valence-electron chi connectivity index (χ1n) is 11.1. The number of nitrogens with zero attached hydrogens (tertiary/aromatic N) is 1. The van der Waals surface area contributed by atoms with E-state index in [2.05, 4.69) is 24.1 Å². The summed E-state index contributed by atoms with van der Waals surface area (Å²) >= 11 is 0. The Morgan fingerprint density at radius 3 is 2.45 bits per heavy atom. The fourth-order valence-corrected chi connectivity index (χ4v) is 4.59. The summed E-state index contributed by atoms with van der Waals surface area (Å²) in [6, 6.07) is 15.0. The van der Waals surface area contributed by atoms with Crippen LogP contribution in [0.25, 0.3) is 0 Å². The molecule has 1 aliphatic heterocycles. The third kappa shape index (κ3) is 4.76. The molecule has 3 aromatic carbocycles. The van der Waals surface area contributed by atoms with Crippen molar-refractivity contribution < 1.29 is 18.6 Å². The van der Waals surface area contributed by atoms with Gasteiger partial charge in [-0.2, -0.15) is 0 Å². The molecule has 0 aromatic heterocycles. The number of fused-ring (bicyclic) bond motifs is 1. The van der Waals surface area contributed by atoms with Crippen LogP contribution < -0.4 is 19.9 Å². The maximum absolute atomic E-state index is 13.8. The van der Waals surface area contributed by atoms with Crippen molar-refractivity contribution in [2.45, 2.75) is 25.8 Å². The molecule has 5 nitrogen and oxygen atoms in total. The molecule has 0 fully saturated rings. The summed E-state index contributed by atoms with van der Waals surface area (Å²) < 4.78 is 30.8. The molecule has 2 N–H and O–H groups in total. The highest BCUT2D eigenvalue weighted by atomic mass is 19.1. The Labute approximate surface area is 194 Å². The topological polar surface area (TPSA) is 57.0 Å². The van der Waals surface area contributed by atoms with Crippen LogP contribution in [-0.4, -0.2) is 39.3 Å². The molecule has 1 aliphatic rings. The molecule has 174 valence electrons. The average molecular weight is 451 g/mol. The van der Waals surface area contributed by atoms with Crippen molar-refractivity contribution in [1.82, 2.24) is 4.90 Å². The molecular weight excluding hydrogens is 419 g/mol. The number of halogens is 1. The quantitative estimate of drug-likeness (QED) is 0.517. The van der Waals surface area contributed by atoms with E-state index in [0.29, 0.717) is 30.2 Å². The van der Waals surface area contributed by atoms with E-state index in [1.807, 2.05) is 31.2 Å². The van der Waals surface area contributed by atoms with Gasteiger partial charge in [0.1, 0.15) is 11.6 Å². The average Bonchev–Trinajstić information content (AvgIpc) is 2.79. The lowest BCUT2D eigenvalue weighted by Gasteiger charge is -2.36. The van der Waals surface area contributed by atoms with Gasteiger partial charge in [0.05, 0.1) is 32.6 Å². The monoisotopic (exact) mass is 450 g/mol. The smallest absolute Gasteiger partial charge is 0.161 e. The first kappa shape index (κ1) is 22.9.